The van der Waals surface area contributed by atoms with Gasteiger partial charge in [-0.25, -0.2) is 9.48 Å². The van der Waals surface area contributed by atoms with Gasteiger partial charge in [0.15, 0.2) is 6.10 Å². The zero-order valence-corrected chi connectivity index (χ0v) is 17.9. The van der Waals surface area contributed by atoms with Gasteiger partial charge in [-0.15, -0.1) is 5.10 Å². The Balaban J connectivity index is 1.20. The maximum atomic E-state index is 12.4. The molecule has 0 spiro atoms. The fourth-order valence-electron chi connectivity index (χ4n) is 3.76. The van der Waals surface area contributed by atoms with Crippen molar-refractivity contribution in [3.63, 3.8) is 0 Å². The summed E-state index contributed by atoms with van der Waals surface area (Å²) in [5.41, 5.74) is 0.571. The van der Waals surface area contributed by atoms with Gasteiger partial charge in [-0.1, -0.05) is 17.8 Å². The monoisotopic (exact) mass is 459 g/mol. The molecule has 0 aliphatic carbocycles. The molecular formula is C20H21N5O6S. The Kier molecular flexibility index (Phi) is 5.97. The molecule has 1 N–H and O–H groups in total. The summed E-state index contributed by atoms with van der Waals surface area (Å²) in [5, 5.41) is 15.4. The van der Waals surface area contributed by atoms with Gasteiger partial charge in [-0.2, -0.15) is 0 Å². The van der Waals surface area contributed by atoms with Crippen LogP contribution in [0.1, 0.15) is 11.8 Å². The maximum Gasteiger partial charge on any atom is 0.412 e. The highest BCUT2D eigenvalue weighted by molar-refractivity contribution is 7.98. The summed E-state index contributed by atoms with van der Waals surface area (Å²) in [4.78, 5) is 12.4. The Morgan fingerprint density at radius 1 is 1.25 bits per heavy atom. The van der Waals surface area contributed by atoms with Crippen LogP contribution >= 0.6 is 11.8 Å². The van der Waals surface area contributed by atoms with Crippen molar-refractivity contribution in [1.29, 1.82) is 0 Å². The van der Waals surface area contributed by atoms with Gasteiger partial charge >= 0.3 is 6.09 Å². The van der Waals surface area contributed by atoms with Crippen LogP contribution in [-0.2, 0) is 20.0 Å². The van der Waals surface area contributed by atoms with Crippen LogP contribution in [0.4, 0.5) is 10.5 Å². The van der Waals surface area contributed by atoms with Crippen LogP contribution in [0.3, 0.4) is 0 Å². The number of nitrogens with zero attached hydrogens (tertiary/aromatic N) is 4. The van der Waals surface area contributed by atoms with Crippen LogP contribution in [0.25, 0.3) is 0 Å². The molecule has 32 heavy (non-hydrogen) atoms. The van der Waals surface area contributed by atoms with Crippen molar-refractivity contribution in [3.8, 4) is 5.75 Å². The van der Waals surface area contributed by atoms with Gasteiger partial charge in [-0.3, -0.25) is 5.32 Å². The standard InChI is InChI=1S/C20H21N5O6S/c1-27-13-5-2-4-12(8-13)21-20(26)31-16-10-30-17-15(9-29-18(16)17)25-19(22-23-24-25)32-11-14-6-3-7-28-14/h2-8,15-18H,9-11H2,1H3,(H,21,26)/t15-,16-,17-,18+/m0/s1. The lowest BCUT2D eigenvalue weighted by Crippen LogP contribution is -2.35. The van der Waals surface area contributed by atoms with Gasteiger partial charge in [0, 0.05) is 11.8 Å². The minimum atomic E-state index is -0.586. The number of carbonyl (C=O) groups excluding carboxylic acids is 1. The summed E-state index contributed by atoms with van der Waals surface area (Å²) in [6.45, 7) is 0.584. The highest BCUT2D eigenvalue weighted by atomic mass is 32.2. The second kappa shape index (κ2) is 9.18. The van der Waals surface area contributed by atoms with Gasteiger partial charge in [0.05, 0.1) is 32.3 Å². The van der Waals surface area contributed by atoms with Crippen LogP contribution < -0.4 is 10.1 Å². The molecule has 12 heteroatoms. The molecular weight excluding hydrogens is 438 g/mol. The molecule has 11 nitrogen and oxygen atoms in total. The number of hydrogen-bond donors (Lipinski definition) is 1. The predicted molar refractivity (Wildman–Crippen MR) is 111 cm³/mol. The molecule has 2 saturated heterocycles. The molecule has 2 aromatic heterocycles. The number of rotatable bonds is 7. The largest absolute Gasteiger partial charge is 0.497 e. The number of aromatic nitrogens is 4. The molecule has 2 aliphatic heterocycles. The summed E-state index contributed by atoms with van der Waals surface area (Å²) < 4.78 is 29.7. The van der Waals surface area contributed by atoms with Crippen molar-refractivity contribution in [1.82, 2.24) is 20.2 Å². The number of amides is 1. The highest BCUT2D eigenvalue weighted by Gasteiger charge is 2.51. The van der Waals surface area contributed by atoms with Crippen LogP contribution in [0, 0.1) is 0 Å². The van der Waals surface area contributed by atoms with E-state index in [4.69, 9.17) is 23.4 Å². The number of hydrogen-bond acceptors (Lipinski definition) is 10. The zero-order valence-electron chi connectivity index (χ0n) is 17.1. The highest BCUT2D eigenvalue weighted by Crippen LogP contribution is 2.37. The number of carbonyl (C=O) groups is 1. The number of tetrazole rings is 1. The summed E-state index contributed by atoms with van der Waals surface area (Å²) in [6, 6.07) is 10.5. The lowest BCUT2D eigenvalue weighted by Gasteiger charge is -2.17. The molecule has 0 bridgehead atoms. The van der Waals surface area contributed by atoms with E-state index in [1.54, 1.807) is 42.3 Å². The third kappa shape index (κ3) is 4.29. The molecule has 2 aliphatic rings. The SMILES string of the molecule is COc1cccc(NC(=O)O[C@H]2CO[C@@H]3[C@@H]2OC[C@@H]3n2nnnc2SCc2ccco2)c1. The number of thioether (sulfide) groups is 1. The Bertz CT molecular complexity index is 1060. The molecule has 3 aromatic rings. The summed E-state index contributed by atoms with van der Waals surface area (Å²) in [6.07, 6.45) is -0.215. The minimum absolute atomic E-state index is 0.218. The molecule has 2 fully saturated rings. The Hall–Kier alpha value is -3.09. The van der Waals surface area contributed by atoms with E-state index in [0.29, 0.717) is 29.0 Å². The van der Waals surface area contributed by atoms with E-state index in [0.717, 1.165) is 5.76 Å². The lowest BCUT2D eigenvalue weighted by atomic mass is 10.1. The quantitative estimate of drug-likeness (QED) is 0.527. The first-order chi connectivity index (χ1) is 15.7. The van der Waals surface area contributed by atoms with Gasteiger partial charge in [0.25, 0.3) is 0 Å². The topological polar surface area (TPSA) is 123 Å². The molecule has 168 valence electrons. The van der Waals surface area contributed by atoms with E-state index in [9.17, 15) is 4.79 Å². The van der Waals surface area contributed by atoms with Gasteiger partial charge in [-0.05, 0) is 34.7 Å². The Morgan fingerprint density at radius 2 is 2.16 bits per heavy atom. The summed E-state index contributed by atoms with van der Waals surface area (Å²) in [7, 11) is 1.56. The van der Waals surface area contributed by atoms with Crippen LogP contribution in [0.2, 0.25) is 0 Å². The molecule has 0 unspecified atom stereocenters. The number of anilines is 1. The fourth-order valence-corrected chi connectivity index (χ4v) is 4.59. The van der Waals surface area contributed by atoms with E-state index in [1.165, 1.54) is 11.8 Å². The lowest BCUT2D eigenvalue weighted by molar-refractivity contribution is 0.00751. The molecule has 0 saturated carbocycles. The van der Waals surface area contributed by atoms with Crippen molar-refractivity contribution in [2.75, 3.05) is 25.6 Å². The number of fused-ring (bicyclic) bond motifs is 1. The second-order valence-corrected chi connectivity index (χ2v) is 8.18. The number of benzene rings is 1. The van der Waals surface area contributed by atoms with Crippen molar-refractivity contribution in [2.24, 2.45) is 0 Å². The van der Waals surface area contributed by atoms with Crippen molar-refractivity contribution >= 4 is 23.5 Å². The predicted octanol–water partition coefficient (Wildman–Crippen LogP) is 2.52. The van der Waals surface area contributed by atoms with Crippen molar-refractivity contribution in [2.45, 2.75) is 35.3 Å². The number of ether oxygens (including phenoxy) is 4. The first kappa shape index (κ1) is 20.8. The van der Waals surface area contributed by atoms with Crippen molar-refractivity contribution in [3.05, 3.63) is 48.4 Å². The van der Waals surface area contributed by atoms with E-state index >= 15 is 0 Å². The van der Waals surface area contributed by atoms with E-state index in [-0.39, 0.29) is 18.8 Å². The van der Waals surface area contributed by atoms with Crippen LogP contribution in [0.15, 0.2) is 52.2 Å². The second-order valence-electron chi connectivity index (χ2n) is 7.24. The molecule has 4 atom stereocenters. The van der Waals surface area contributed by atoms with Gasteiger partial charge in [0.1, 0.15) is 29.8 Å². The minimum Gasteiger partial charge on any atom is -0.497 e. The maximum absolute atomic E-state index is 12.4. The summed E-state index contributed by atoms with van der Waals surface area (Å²) >= 11 is 1.46. The third-order valence-corrected chi connectivity index (χ3v) is 6.21. The molecule has 5 rings (SSSR count). The van der Waals surface area contributed by atoms with Gasteiger partial charge in [0.2, 0.25) is 5.16 Å². The van der Waals surface area contributed by atoms with Crippen LogP contribution in [-0.4, -0.2) is 64.9 Å². The molecule has 1 amide bonds. The number of methoxy groups -OCH3 is 1. The smallest absolute Gasteiger partial charge is 0.412 e. The van der Waals surface area contributed by atoms with E-state index in [1.807, 2.05) is 12.1 Å². The van der Waals surface area contributed by atoms with Crippen LogP contribution in [0.5, 0.6) is 5.75 Å². The average molecular weight is 459 g/mol. The van der Waals surface area contributed by atoms with Gasteiger partial charge < -0.3 is 23.4 Å². The molecule has 0 radical (unpaired) electrons. The third-order valence-electron chi connectivity index (χ3n) is 5.26. The first-order valence-electron chi connectivity index (χ1n) is 9.99. The number of furan rings is 1. The average Bonchev–Trinajstić information content (AvgIpc) is 3.58. The number of nitrogens with one attached hydrogen (secondary N) is 1. The van der Waals surface area contributed by atoms with Crippen molar-refractivity contribution < 1.29 is 28.2 Å². The first-order valence-corrected chi connectivity index (χ1v) is 11.0. The van der Waals surface area contributed by atoms with E-state index < -0.39 is 18.3 Å². The van der Waals surface area contributed by atoms with E-state index in [2.05, 4.69) is 20.8 Å². The Labute approximate surface area is 187 Å². The normalized spacial score (nSPS) is 24.3. The Morgan fingerprint density at radius 3 is 3.00 bits per heavy atom. The summed E-state index contributed by atoms with van der Waals surface area (Å²) in [5.74, 6) is 2.07. The molecule has 1 aromatic carbocycles. The zero-order chi connectivity index (χ0) is 21.9. The molecule has 4 heterocycles. The fraction of sp³-hybridized carbons (Fsp3) is 0.400.